The third-order valence-corrected chi connectivity index (χ3v) is 4.55. The lowest BCUT2D eigenvalue weighted by Crippen LogP contribution is -2.23. The van der Waals surface area contributed by atoms with Crippen molar-refractivity contribution in [3.05, 3.63) is 65.2 Å². The van der Waals surface area contributed by atoms with E-state index in [2.05, 4.69) is 62.4 Å². The molecule has 1 aliphatic rings. The van der Waals surface area contributed by atoms with Crippen molar-refractivity contribution in [1.82, 2.24) is 0 Å². The van der Waals surface area contributed by atoms with Crippen LogP contribution in [0.4, 0.5) is 0 Å². The highest BCUT2D eigenvalue weighted by atomic mass is 16.5. The molecule has 0 aromatic heterocycles. The fraction of sp³-hybridized carbons (Fsp3) is 0.400. The second kappa shape index (κ2) is 6.34. The lowest BCUT2D eigenvalue weighted by molar-refractivity contribution is 0.146. The Balaban J connectivity index is 1.55. The summed E-state index contributed by atoms with van der Waals surface area (Å²) < 4.78 is 6.11. The van der Waals surface area contributed by atoms with Crippen LogP contribution in [0.1, 0.15) is 48.3 Å². The van der Waals surface area contributed by atoms with Gasteiger partial charge < -0.3 is 4.74 Å². The number of hydrogen-bond acceptors (Lipinski definition) is 1. The van der Waals surface area contributed by atoms with Gasteiger partial charge in [0.2, 0.25) is 0 Å². The van der Waals surface area contributed by atoms with Crippen molar-refractivity contribution in [3.8, 4) is 5.75 Å². The van der Waals surface area contributed by atoms with E-state index >= 15 is 0 Å². The van der Waals surface area contributed by atoms with E-state index in [-0.39, 0.29) is 0 Å². The van der Waals surface area contributed by atoms with Gasteiger partial charge >= 0.3 is 0 Å². The maximum Gasteiger partial charge on any atom is 0.119 e. The second-order valence-corrected chi connectivity index (χ2v) is 6.32. The number of rotatable bonds is 3. The highest BCUT2D eigenvalue weighted by Crippen LogP contribution is 2.34. The van der Waals surface area contributed by atoms with Crippen molar-refractivity contribution in [2.24, 2.45) is 0 Å². The second-order valence-electron chi connectivity index (χ2n) is 6.32. The predicted molar refractivity (Wildman–Crippen MR) is 88.0 cm³/mol. The van der Waals surface area contributed by atoms with Gasteiger partial charge in [-0.25, -0.2) is 0 Å². The highest BCUT2D eigenvalue weighted by molar-refractivity contribution is 5.27. The molecule has 21 heavy (non-hydrogen) atoms. The number of hydrogen-bond donors (Lipinski definition) is 0. The van der Waals surface area contributed by atoms with Gasteiger partial charge in [-0.05, 0) is 63.1 Å². The van der Waals surface area contributed by atoms with Crippen LogP contribution in [0.15, 0.2) is 48.5 Å². The Bertz CT molecular complexity index is 560. The van der Waals surface area contributed by atoms with Gasteiger partial charge in [0.15, 0.2) is 0 Å². The molecule has 1 heteroatoms. The fourth-order valence-electron chi connectivity index (χ4n) is 3.16. The normalized spacial score (nSPS) is 22.0. The summed E-state index contributed by atoms with van der Waals surface area (Å²) >= 11 is 0. The third kappa shape index (κ3) is 3.66. The van der Waals surface area contributed by atoms with E-state index in [9.17, 15) is 0 Å². The van der Waals surface area contributed by atoms with Gasteiger partial charge in [-0.1, -0.05) is 47.5 Å². The molecule has 0 unspecified atom stereocenters. The molecule has 2 aromatic rings. The zero-order valence-corrected chi connectivity index (χ0v) is 13.0. The minimum atomic E-state index is 0.384. The summed E-state index contributed by atoms with van der Waals surface area (Å²) in [7, 11) is 0. The molecular formula is C20H24O. The van der Waals surface area contributed by atoms with E-state index < -0.39 is 0 Å². The Labute approximate surface area is 128 Å². The standard InChI is InChI=1S/C20H24O/c1-15-3-7-17(8-4-15)18-9-13-20(14-10-18)21-19-11-5-16(2)6-12-19/h3-8,11-12,18,20H,9-10,13-14H2,1-2H3. The zero-order valence-electron chi connectivity index (χ0n) is 13.0. The molecule has 1 nitrogen and oxygen atoms in total. The smallest absolute Gasteiger partial charge is 0.119 e. The zero-order chi connectivity index (χ0) is 14.7. The predicted octanol–water partition coefficient (Wildman–Crippen LogP) is 5.41. The first-order valence-corrected chi connectivity index (χ1v) is 8.00. The maximum absolute atomic E-state index is 6.11. The van der Waals surface area contributed by atoms with E-state index in [0.717, 1.165) is 18.6 Å². The van der Waals surface area contributed by atoms with Crippen molar-refractivity contribution in [3.63, 3.8) is 0 Å². The number of aryl methyl sites for hydroxylation is 2. The first kappa shape index (κ1) is 14.2. The van der Waals surface area contributed by atoms with Gasteiger partial charge in [0.05, 0.1) is 6.10 Å². The molecule has 110 valence electrons. The summed E-state index contributed by atoms with van der Waals surface area (Å²) in [6, 6.07) is 17.4. The van der Waals surface area contributed by atoms with Gasteiger partial charge in [-0.15, -0.1) is 0 Å². The van der Waals surface area contributed by atoms with Crippen LogP contribution < -0.4 is 4.74 Å². The van der Waals surface area contributed by atoms with Crippen molar-refractivity contribution in [2.75, 3.05) is 0 Å². The molecule has 0 bridgehead atoms. The topological polar surface area (TPSA) is 9.23 Å². The molecule has 3 rings (SSSR count). The van der Waals surface area contributed by atoms with Crippen molar-refractivity contribution >= 4 is 0 Å². The summed E-state index contributed by atoms with van der Waals surface area (Å²) in [6.07, 6.45) is 5.17. The van der Waals surface area contributed by atoms with E-state index in [1.165, 1.54) is 29.5 Å². The molecule has 1 saturated carbocycles. The molecule has 0 radical (unpaired) electrons. The van der Waals surface area contributed by atoms with Crippen LogP contribution >= 0.6 is 0 Å². The van der Waals surface area contributed by atoms with Crippen molar-refractivity contribution in [2.45, 2.75) is 51.6 Å². The van der Waals surface area contributed by atoms with Gasteiger partial charge in [-0.2, -0.15) is 0 Å². The molecule has 0 N–H and O–H groups in total. The SMILES string of the molecule is Cc1ccc(OC2CCC(c3ccc(C)cc3)CC2)cc1. The highest BCUT2D eigenvalue weighted by Gasteiger charge is 2.23. The Kier molecular flexibility index (Phi) is 4.28. The monoisotopic (exact) mass is 280 g/mol. The average Bonchev–Trinajstić information content (AvgIpc) is 2.51. The van der Waals surface area contributed by atoms with Gasteiger partial charge in [0.1, 0.15) is 5.75 Å². The van der Waals surface area contributed by atoms with E-state index in [1.54, 1.807) is 0 Å². The van der Waals surface area contributed by atoms with Crippen LogP contribution in [-0.4, -0.2) is 6.10 Å². The quantitative estimate of drug-likeness (QED) is 0.730. The minimum absolute atomic E-state index is 0.384. The lowest BCUT2D eigenvalue weighted by Gasteiger charge is -2.29. The largest absolute Gasteiger partial charge is 0.490 e. The van der Waals surface area contributed by atoms with Crippen LogP contribution in [0.2, 0.25) is 0 Å². The molecule has 0 aliphatic heterocycles. The summed E-state index contributed by atoms with van der Waals surface area (Å²) in [5.41, 5.74) is 4.12. The Morgan fingerprint density at radius 2 is 1.24 bits per heavy atom. The van der Waals surface area contributed by atoms with Crippen LogP contribution in [0.5, 0.6) is 5.75 Å². The van der Waals surface area contributed by atoms with Crippen LogP contribution in [0, 0.1) is 13.8 Å². The first-order valence-electron chi connectivity index (χ1n) is 8.00. The lowest BCUT2D eigenvalue weighted by atomic mass is 9.82. The first-order chi connectivity index (χ1) is 10.2. The summed E-state index contributed by atoms with van der Waals surface area (Å²) in [5.74, 6) is 1.72. The molecule has 2 aromatic carbocycles. The summed E-state index contributed by atoms with van der Waals surface area (Å²) in [5, 5.41) is 0. The van der Waals surface area contributed by atoms with Crippen LogP contribution in [-0.2, 0) is 0 Å². The molecule has 0 atom stereocenters. The van der Waals surface area contributed by atoms with Gasteiger partial charge in [0.25, 0.3) is 0 Å². The van der Waals surface area contributed by atoms with E-state index in [1.807, 2.05) is 0 Å². The van der Waals surface area contributed by atoms with Gasteiger partial charge in [-0.3, -0.25) is 0 Å². The molecule has 0 amide bonds. The molecule has 0 saturated heterocycles. The van der Waals surface area contributed by atoms with Crippen LogP contribution in [0.3, 0.4) is 0 Å². The third-order valence-electron chi connectivity index (χ3n) is 4.55. The van der Waals surface area contributed by atoms with Crippen molar-refractivity contribution in [1.29, 1.82) is 0 Å². The number of ether oxygens (including phenoxy) is 1. The molecule has 1 aliphatic carbocycles. The van der Waals surface area contributed by atoms with E-state index in [0.29, 0.717) is 12.0 Å². The fourth-order valence-corrected chi connectivity index (χ4v) is 3.16. The molecule has 0 heterocycles. The Hall–Kier alpha value is -1.76. The summed E-state index contributed by atoms with van der Waals surface area (Å²) in [4.78, 5) is 0. The maximum atomic E-state index is 6.11. The number of benzene rings is 2. The van der Waals surface area contributed by atoms with E-state index in [4.69, 9.17) is 4.74 Å². The van der Waals surface area contributed by atoms with Crippen molar-refractivity contribution < 1.29 is 4.74 Å². The van der Waals surface area contributed by atoms with Gasteiger partial charge in [0, 0.05) is 0 Å². The van der Waals surface area contributed by atoms with Crippen LogP contribution in [0.25, 0.3) is 0 Å². The average molecular weight is 280 g/mol. The minimum Gasteiger partial charge on any atom is -0.490 e. The Morgan fingerprint density at radius 1 is 0.714 bits per heavy atom. The molecular weight excluding hydrogens is 256 g/mol. The molecule has 0 spiro atoms. The summed E-state index contributed by atoms with van der Waals surface area (Å²) in [6.45, 7) is 4.26. The Morgan fingerprint density at radius 3 is 1.81 bits per heavy atom. The molecule has 1 fully saturated rings.